The van der Waals surface area contributed by atoms with Crippen LogP contribution in [0.1, 0.15) is 33.6 Å². The summed E-state index contributed by atoms with van der Waals surface area (Å²) in [4.78, 5) is 36.7. The molecule has 2 amide bonds. The third kappa shape index (κ3) is 5.23. The number of carbonyl (C=O) groups is 3. The lowest BCUT2D eigenvalue weighted by atomic mass is 10.2. The van der Waals surface area contributed by atoms with Gasteiger partial charge in [0, 0.05) is 11.8 Å². The van der Waals surface area contributed by atoms with Crippen molar-refractivity contribution in [2.75, 3.05) is 11.9 Å². The van der Waals surface area contributed by atoms with Gasteiger partial charge < -0.3 is 24.2 Å². The number of hydrogen-bond acceptors (Lipinski definition) is 6. The van der Waals surface area contributed by atoms with Gasteiger partial charge in [-0.15, -0.1) is 0 Å². The molecule has 29 heavy (non-hydrogen) atoms. The van der Waals surface area contributed by atoms with Crippen molar-refractivity contribution in [1.82, 2.24) is 5.32 Å². The van der Waals surface area contributed by atoms with Gasteiger partial charge in [0.25, 0.3) is 11.8 Å². The van der Waals surface area contributed by atoms with Crippen LogP contribution in [0, 0.1) is 0 Å². The molecule has 0 atom stereocenters. The molecule has 2 aromatic heterocycles. The quantitative estimate of drug-likeness (QED) is 0.469. The normalized spacial score (nSPS) is 11.0. The first-order chi connectivity index (χ1) is 14.1. The maximum Gasteiger partial charge on any atom is 0.338 e. The Morgan fingerprint density at radius 3 is 2.34 bits per heavy atom. The minimum absolute atomic E-state index is 0.0455. The molecule has 0 bridgehead atoms. The molecular formula is C21H18N2O6. The summed E-state index contributed by atoms with van der Waals surface area (Å²) >= 11 is 0. The average Bonchev–Trinajstić information content (AvgIpc) is 3.42. The third-order valence-corrected chi connectivity index (χ3v) is 3.72. The third-order valence-electron chi connectivity index (χ3n) is 3.72. The first-order valence-electron chi connectivity index (χ1n) is 8.75. The highest BCUT2D eigenvalue weighted by atomic mass is 16.5. The van der Waals surface area contributed by atoms with Crippen molar-refractivity contribution in [2.45, 2.75) is 6.92 Å². The zero-order chi connectivity index (χ0) is 20.6. The number of anilines is 1. The highest BCUT2D eigenvalue weighted by Crippen LogP contribution is 2.14. The number of furan rings is 2. The standard InChI is InChI=1S/C21H18N2O6/c1-2-27-21(26)14-7-9-15(10-8-14)22-19(24)17(13-16-5-3-11-28-16)23-20(25)18-6-4-12-29-18/h3-13H,2H2,1H3,(H,22,24)(H,23,25). The van der Waals surface area contributed by atoms with Crippen LogP contribution in [-0.2, 0) is 9.53 Å². The number of esters is 1. The van der Waals surface area contributed by atoms with E-state index < -0.39 is 17.8 Å². The van der Waals surface area contributed by atoms with Gasteiger partial charge in [-0.25, -0.2) is 4.79 Å². The summed E-state index contributed by atoms with van der Waals surface area (Å²) in [6, 6.07) is 12.5. The molecule has 148 valence electrons. The Morgan fingerprint density at radius 2 is 1.72 bits per heavy atom. The molecule has 0 saturated heterocycles. The van der Waals surface area contributed by atoms with E-state index in [0.29, 0.717) is 17.0 Å². The first-order valence-corrected chi connectivity index (χ1v) is 8.75. The summed E-state index contributed by atoms with van der Waals surface area (Å²) in [7, 11) is 0. The number of ether oxygens (including phenoxy) is 1. The van der Waals surface area contributed by atoms with E-state index in [4.69, 9.17) is 13.6 Å². The van der Waals surface area contributed by atoms with Gasteiger partial charge in [0.05, 0.1) is 24.7 Å². The van der Waals surface area contributed by atoms with E-state index in [1.807, 2.05) is 0 Å². The van der Waals surface area contributed by atoms with Crippen LogP contribution in [0.5, 0.6) is 0 Å². The van der Waals surface area contributed by atoms with Crippen LogP contribution < -0.4 is 10.6 Å². The Balaban J connectivity index is 1.76. The second-order valence-electron chi connectivity index (χ2n) is 5.76. The molecule has 2 heterocycles. The van der Waals surface area contributed by atoms with Crippen molar-refractivity contribution in [1.29, 1.82) is 0 Å². The molecule has 8 nitrogen and oxygen atoms in total. The Bertz CT molecular complexity index is 1000. The van der Waals surface area contributed by atoms with E-state index in [-0.39, 0.29) is 18.1 Å². The van der Waals surface area contributed by atoms with Crippen LogP contribution >= 0.6 is 0 Å². The second kappa shape index (κ2) is 9.23. The number of amides is 2. The molecular weight excluding hydrogens is 376 g/mol. The average molecular weight is 394 g/mol. The van der Waals surface area contributed by atoms with Crippen molar-refractivity contribution in [2.24, 2.45) is 0 Å². The minimum atomic E-state index is -0.583. The highest BCUT2D eigenvalue weighted by Gasteiger charge is 2.17. The smallest absolute Gasteiger partial charge is 0.338 e. The van der Waals surface area contributed by atoms with Crippen LogP contribution in [0.2, 0.25) is 0 Å². The second-order valence-corrected chi connectivity index (χ2v) is 5.76. The van der Waals surface area contributed by atoms with Crippen molar-refractivity contribution in [3.8, 4) is 0 Å². The molecule has 0 saturated carbocycles. The van der Waals surface area contributed by atoms with Gasteiger partial charge in [0.1, 0.15) is 11.5 Å². The van der Waals surface area contributed by atoms with Crippen LogP contribution in [0.4, 0.5) is 5.69 Å². The van der Waals surface area contributed by atoms with Gasteiger partial charge in [0.15, 0.2) is 5.76 Å². The molecule has 0 spiro atoms. The number of hydrogen-bond donors (Lipinski definition) is 2. The Hall–Kier alpha value is -4.07. The molecule has 1 aromatic carbocycles. The zero-order valence-electron chi connectivity index (χ0n) is 15.5. The van der Waals surface area contributed by atoms with Crippen molar-refractivity contribution < 1.29 is 28.0 Å². The van der Waals surface area contributed by atoms with E-state index in [9.17, 15) is 14.4 Å². The maximum absolute atomic E-state index is 12.7. The van der Waals surface area contributed by atoms with E-state index in [2.05, 4.69) is 10.6 Å². The summed E-state index contributed by atoms with van der Waals surface area (Å²) in [5.41, 5.74) is 0.749. The van der Waals surface area contributed by atoms with Crippen LogP contribution in [-0.4, -0.2) is 24.4 Å². The fourth-order valence-electron chi connectivity index (χ4n) is 2.37. The van der Waals surface area contributed by atoms with Crippen molar-refractivity contribution in [3.63, 3.8) is 0 Å². The monoisotopic (exact) mass is 394 g/mol. The van der Waals surface area contributed by atoms with Gasteiger partial charge in [-0.1, -0.05) is 0 Å². The Labute approximate surface area is 166 Å². The molecule has 2 N–H and O–H groups in total. The van der Waals surface area contributed by atoms with Crippen LogP contribution in [0.15, 0.2) is 75.6 Å². The fourth-order valence-corrected chi connectivity index (χ4v) is 2.37. The highest BCUT2D eigenvalue weighted by molar-refractivity contribution is 6.10. The molecule has 0 unspecified atom stereocenters. The van der Waals surface area contributed by atoms with Gasteiger partial charge in [-0.3, -0.25) is 9.59 Å². The fraction of sp³-hybridized carbons (Fsp3) is 0.0952. The first kappa shape index (κ1) is 19.7. The molecule has 0 radical (unpaired) electrons. The zero-order valence-corrected chi connectivity index (χ0v) is 15.5. The van der Waals surface area contributed by atoms with Gasteiger partial charge >= 0.3 is 5.97 Å². The van der Waals surface area contributed by atoms with Crippen LogP contribution in [0.25, 0.3) is 6.08 Å². The Morgan fingerprint density at radius 1 is 1.00 bits per heavy atom. The number of benzene rings is 1. The summed E-state index contributed by atoms with van der Waals surface area (Å²) in [5.74, 6) is -1.17. The van der Waals surface area contributed by atoms with Gasteiger partial charge in [-0.2, -0.15) is 0 Å². The molecule has 3 rings (SSSR count). The SMILES string of the molecule is CCOC(=O)c1ccc(NC(=O)C(=Cc2ccco2)NC(=O)c2ccco2)cc1. The predicted molar refractivity (Wildman–Crippen MR) is 104 cm³/mol. The minimum Gasteiger partial charge on any atom is -0.465 e. The van der Waals surface area contributed by atoms with Crippen molar-refractivity contribution >= 4 is 29.5 Å². The van der Waals surface area contributed by atoms with Crippen molar-refractivity contribution in [3.05, 3.63) is 83.8 Å². The molecule has 0 aliphatic heterocycles. The molecule has 0 aliphatic rings. The van der Waals surface area contributed by atoms with Gasteiger partial charge in [-0.05, 0) is 55.5 Å². The van der Waals surface area contributed by atoms with E-state index in [1.54, 1.807) is 37.3 Å². The molecule has 0 aliphatic carbocycles. The topological polar surface area (TPSA) is 111 Å². The van der Waals surface area contributed by atoms with Crippen LogP contribution in [0.3, 0.4) is 0 Å². The lowest BCUT2D eigenvalue weighted by molar-refractivity contribution is -0.113. The Kier molecular flexibility index (Phi) is 6.26. The molecule has 3 aromatic rings. The van der Waals surface area contributed by atoms with E-state index in [0.717, 1.165) is 0 Å². The van der Waals surface area contributed by atoms with Gasteiger partial charge in [0.2, 0.25) is 0 Å². The lowest BCUT2D eigenvalue weighted by Gasteiger charge is -2.10. The maximum atomic E-state index is 12.7. The summed E-state index contributed by atoms with van der Waals surface area (Å²) in [5, 5.41) is 5.16. The summed E-state index contributed by atoms with van der Waals surface area (Å²) in [6.07, 6.45) is 4.20. The summed E-state index contributed by atoms with van der Waals surface area (Å²) < 4.78 is 15.2. The largest absolute Gasteiger partial charge is 0.465 e. The molecule has 0 fully saturated rings. The number of nitrogens with one attached hydrogen (secondary N) is 2. The predicted octanol–water partition coefficient (Wildman–Crippen LogP) is 3.46. The van der Waals surface area contributed by atoms with E-state index >= 15 is 0 Å². The van der Waals surface area contributed by atoms with E-state index in [1.165, 1.54) is 36.8 Å². The number of carbonyl (C=O) groups excluding carboxylic acids is 3. The lowest BCUT2D eigenvalue weighted by Crippen LogP contribution is -2.30. The summed E-state index contributed by atoms with van der Waals surface area (Å²) in [6.45, 7) is 1.99. The number of rotatable bonds is 7. The molecule has 8 heteroatoms.